The molecule has 0 atom stereocenters. The Hall–Kier alpha value is 0.220. The van der Waals surface area contributed by atoms with Crippen molar-refractivity contribution in [2.24, 2.45) is 0 Å². The van der Waals surface area contributed by atoms with Gasteiger partial charge in [-0.2, -0.15) is 0 Å². The quantitative estimate of drug-likeness (QED) is 0.443. The average Bonchev–Trinajstić information content (AvgIpc) is 1.61. The Morgan fingerprint density at radius 3 is 2.43 bits per heavy atom. The van der Waals surface area contributed by atoms with E-state index in [1.807, 2.05) is 0 Å². The second-order valence-corrected chi connectivity index (χ2v) is 2.54. The van der Waals surface area contributed by atoms with E-state index in [4.69, 9.17) is 0 Å². The summed E-state index contributed by atoms with van der Waals surface area (Å²) in [6.07, 6.45) is 2.38. The van der Waals surface area contributed by atoms with Gasteiger partial charge in [-0.15, -0.1) is 6.58 Å². The van der Waals surface area contributed by atoms with Gasteiger partial charge in [-0.3, -0.25) is 0 Å². The molecule has 0 nitrogen and oxygen atoms in total. The predicted molar refractivity (Wildman–Crippen MR) is 37.8 cm³/mol. The van der Waals surface area contributed by atoms with Crippen LogP contribution < -0.4 is 0 Å². The van der Waals surface area contributed by atoms with Crippen LogP contribution in [0.4, 0.5) is 0 Å². The van der Waals surface area contributed by atoms with Crippen LogP contribution in [0, 0.1) is 0 Å². The predicted octanol–water partition coefficient (Wildman–Crippen LogP) is 2.74. The highest BCUT2D eigenvalue weighted by Crippen LogP contribution is 2.01. The Balaban J connectivity index is 2.82. The molecule has 0 aliphatic carbocycles. The molecule has 0 amide bonds. The van der Waals surface area contributed by atoms with Crippen molar-refractivity contribution in [1.82, 2.24) is 0 Å². The fourth-order valence-corrected chi connectivity index (χ4v) is 0.649. The minimum atomic E-state index is 1.10. The van der Waals surface area contributed by atoms with E-state index >= 15 is 0 Å². The molecule has 0 rings (SSSR count). The van der Waals surface area contributed by atoms with Gasteiger partial charge in [-0.25, -0.2) is 0 Å². The first kappa shape index (κ1) is 7.22. The fraction of sp³-hybridized carbons (Fsp3) is 0.667. The van der Waals surface area contributed by atoms with E-state index in [2.05, 4.69) is 29.4 Å². The SMILES string of the molecule is C=C(C)CCCBr. The van der Waals surface area contributed by atoms with E-state index in [0.717, 1.165) is 11.8 Å². The molecule has 1 heteroatoms. The molecule has 0 saturated carbocycles. The molecule has 7 heavy (non-hydrogen) atoms. The van der Waals surface area contributed by atoms with Crippen LogP contribution in [0.2, 0.25) is 0 Å². The molecule has 0 unspecified atom stereocenters. The lowest BCUT2D eigenvalue weighted by Crippen LogP contribution is -1.74. The number of hydrogen-bond donors (Lipinski definition) is 0. The van der Waals surface area contributed by atoms with Gasteiger partial charge in [0.25, 0.3) is 0 Å². The van der Waals surface area contributed by atoms with Gasteiger partial charge in [-0.1, -0.05) is 21.5 Å². The van der Waals surface area contributed by atoms with E-state index in [0.29, 0.717) is 0 Å². The van der Waals surface area contributed by atoms with E-state index < -0.39 is 0 Å². The van der Waals surface area contributed by atoms with Gasteiger partial charge in [0.15, 0.2) is 0 Å². The molecular formula is C6H11Br. The molecule has 42 valence electrons. The minimum Gasteiger partial charge on any atom is -0.100 e. The van der Waals surface area contributed by atoms with E-state index in [1.165, 1.54) is 12.0 Å². The highest BCUT2D eigenvalue weighted by molar-refractivity contribution is 9.09. The average molecular weight is 163 g/mol. The Labute approximate surface area is 53.7 Å². The third-order valence-corrected chi connectivity index (χ3v) is 1.30. The van der Waals surface area contributed by atoms with Crippen molar-refractivity contribution >= 4 is 15.9 Å². The zero-order chi connectivity index (χ0) is 5.70. The lowest BCUT2D eigenvalue weighted by Gasteiger charge is -1.90. The molecule has 0 radical (unpaired) electrons. The Kier molecular flexibility index (Phi) is 4.52. The smallest absolute Gasteiger partial charge is 0.00343 e. The first-order valence-electron chi connectivity index (χ1n) is 2.47. The van der Waals surface area contributed by atoms with Gasteiger partial charge >= 0.3 is 0 Å². The van der Waals surface area contributed by atoms with Crippen molar-refractivity contribution in [3.63, 3.8) is 0 Å². The van der Waals surface area contributed by atoms with Crippen molar-refractivity contribution in [2.45, 2.75) is 19.8 Å². The van der Waals surface area contributed by atoms with E-state index in [9.17, 15) is 0 Å². The topological polar surface area (TPSA) is 0 Å². The van der Waals surface area contributed by atoms with Gasteiger partial charge in [-0.05, 0) is 19.8 Å². The highest BCUT2D eigenvalue weighted by atomic mass is 79.9. The summed E-state index contributed by atoms with van der Waals surface area (Å²) in [5.74, 6) is 0. The summed E-state index contributed by atoms with van der Waals surface area (Å²) in [6.45, 7) is 5.83. The van der Waals surface area contributed by atoms with E-state index in [1.54, 1.807) is 0 Å². The number of hydrogen-bond acceptors (Lipinski definition) is 0. The van der Waals surface area contributed by atoms with E-state index in [-0.39, 0.29) is 0 Å². The van der Waals surface area contributed by atoms with Gasteiger partial charge in [0, 0.05) is 5.33 Å². The van der Waals surface area contributed by atoms with Crippen LogP contribution in [0.3, 0.4) is 0 Å². The zero-order valence-electron chi connectivity index (χ0n) is 4.71. The minimum absolute atomic E-state index is 1.10. The largest absolute Gasteiger partial charge is 0.100 e. The zero-order valence-corrected chi connectivity index (χ0v) is 6.29. The van der Waals surface area contributed by atoms with Crippen LogP contribution >= 0.6 is 15.9 Å². The van der Waals surface area contributed by atoms with Crippen molar-refractivity contribution in [1.29, 1.82) is 0 Å². The molecule has 0 aromatic rings. The first-order chi connectivity index (χ1) is 3.27. The molecule has 0 bridgehead atoms. The maximum absolute atomic E-state index is 3.77. The third kappa shape index (κ3) is 6.22. The first-order valence-corrected chi connectivity index (χ1v) is 3.60. The monoisotopic (exact) mass is 162 g/mol. The van der Waals surface area contributed by atoms with Crippen LogP contribution in [0.15, 0.2) is 12.2 Å². The normalized spacial score (nSPS) is 8.86. The van der Waals surface area contributed by atoms with Crippen molar-refractivity contribution in [3.8, 4) is 0 Å². The molecular weight excluding hydrogens is 152 g/mol. The number of rotatable bonds is 3. The lowest BCUT2D eigenvalue weighted by molar-refractivity contribution is 0.926. The number of allylic oxidation sites excluding steroid dienone is 1. The summed E-state index contributed by atoms with van der Waals surface area (Å²) < 4.78 is 0. The second-order valence-electron chi connectivity index (χ2n) is 1.75. The second kappa shape index (κ2) is 4.38. The number of halogens is 1. The molecule has 0 aliphatic heterocycles. The summed E-state index contributed by atoms with van der Waals surface area (Å²) in [5, 5.41) is 1.10. The summed E-state index contributed by atoms with van der Waals surface area (Å²) in [6, 6.07) is 0. The van der Waals surface area contributed by atoms with Crippen LogP contribution in [-0.4, -0.2) is 5.33 Å². The molecule has 0 aliphatic rings. The van der Waals surface area contributed by atoms with Gasteiger partial charge in [0.2, 0.25) is 0 Å². The van der Waals surface area contributed by atoms with Crippen LogP contribution in [0.1, 0.15) is 19.8 Å². The maximum atomic E-state index is 3.77. The fourth-order valence-electron chi connectivity index (χ4n) is 0.369. The summed E-state index contributed by atoms with van der Waals surface area (Å²) in [7, 11) is 0. The molecule has 0 heterocycles. The summed E-state index contributed by atoms with van der Waals surface area (Å²) >= 11 is 3.34. The van der Waals surface area contributed by atoms with Crippen molar-refractivity contribution < 1.29 is 0 Å². The van der Waals surface area contributed by atoms with Crippen LogP contribution in [0.5, 0.6) is 0 Å². The molecule has 0 N–H and O–H groups in total. The van der Waals surface area contributed by atoms with Crippen molar-refractivity contribution in [2.75, 3.05) is 5.33 Å². The van der Waals surface area contributed by atoms with Gasteiger partial charge in [0.1, 0.15) is 0 Å². The maximum Gasteiger partial charge on any atom is 0.00343 e. The molecule has 0 saturated heterocycles. The Bertz CT molecular complexity index is 57.2. The molecule has 0 spiro atoms. The van der Waals surface area contributed by atoms with Gasteiger partial charge < -0.3 is 0 Å². The van der Waals surface area contributed by atoms with Crippen LogP contribution in [-0.2, 0) is 0 Å². The molecule has 0 aromatic carbocycles. The molecule has 0 aromatic heterocycles. The number of alkyl halides is 1. The molecule has 0 fully saturated rings. The van der Waals surface area contributed by atoms with Crippen molar-refractivity contribution in [3.05, 3.63) is 12.2 Å². The Morgan fingerprint density at radius 1 is 1.71 bits per heavy atom. The standard InChI is InChI=1S/C6H11Br/c1-6(2)4-3-5-7/h1,3-5H2,2H3. The van der Waals surface area contributed by atoms with Gasteiger partial charge in [0.05, 0.1) is 0 Å². The lowest BCUT2D eigenvalue weighted by atomic mass is 10.2. The highest BCUT2D eigenvalue weighted by Gasteiger charge is 1.82. The summed E-state index contributed by atoms with van der Waals surface area (Å²) in [5.41, 5.74) is 1.28. The van der Waals surface area contributed by atoms with Crippen LogP contribution in [0.25, 0.3) is 0 Å². The third-order valence-electron chi connectivity index (χ3n) is 0.737. The summed E-state index contributed by atoms with van der Waals surface area (Å²) in [4.78, 5) is 0. The Morgan fingerprint density at radius 2 is 2.29 bits per heavy atom.